The molecule has 3 nitrogen and oxygen atoms in total. The van der Waals surface area contributed by atoms with Crippen LogP contribution in [0.4, 0.5) is 5.69 Å². The van der Waals surface area contributed by atoms with Gasteiger partial charge in [-0.1, -0.05) is 25.1 Å². The van der Waals surface area contributed by atoms with Crippen molar-refractivity contribution in [2.45, 2.75) is 33.4 Å². The van der Waals surface area contributed by atoms with Crippen LogP contribution in [0.15, 0.2) is 34.7 Å². The van der Waals surface area contributed by atoms with Crippen molar-refractivity contribution < 1.29 is 4.42 Å². The summed E-state index contributed by atoms with van der Waals surface area (Å²) in [5.74, 6) is 2.63. The van der Waals surface area contributed by atoms with Gasteiger partial charge in [-0.05, 0) is 37.0 Å². The van der Waals surface area contributed by atoms with Gasteiger partial charge in [0.15, 0.2) is 0 Å². The molecule has 2 heterocycles. The molecule has 3 heteroatoms. The van der Waals surface area contributed by atoms with Gasteiger partial charge in [-0.3, -0.25) is 0 Å². The number of furan rings is 1. The molecule has 1 aliphatic rings. The number of para-hydroxylation sites is 1. The fourth-order valence-electron chi connectivity index (χ4n) is 3.11. The van der Waals surface area contributed by atoms with Crippen LogP contribution in [-0.4, -0.2) is 6.54 Å². The summed E-state index contributed by atoms with van der Waals surface area (Å²) in [5, 5.41) is 0. The van der Waals surface area contributed by atoms with Gasteiger partial charge >= 0.3 is 0 Å². The summed E-state index contributed by atoms with van der Waals surface area (Å²) in [6.07, 6.45) is 1.16. The van der Waals surface area contributed by atoms with E-state index in [1.807, 2.05) is 6.92 Å². The number of anilines is 1. The Kier molecular flexibility index (Phi) is 3.53. The van der Waals surface area contributed by atoms with Crippen molar-refractivity contribution in [1.29, 1.82) is 0 Å². The van der Waals surface area contributed by atoms with Crippen molar-refractivity contribution in [3.8, 4) is 0 Å². The predicted octanol–water partition coefficient (Wildman–Crippen LogP) is 3.25. The second kappa shape index (κ2) is 5.33. The number of rotatable bonds is 3. The minimum absolute atomic E-state index is 0.544. The molecule has 0 fully saturated rings. The maximum atomic E-state index is 5.84. The van der Waals surface area contributed by atoms with E-state index < -0.39 is 0 Å². The van der Waals surface area contributed by atoms with Crippen LogP contribution >= 0.6 is 0 Å². The van der Waals surface area contributed by atoms with Gasteiger partial charge in [-0.15, -0.1) is 0 Å². The van der Waals surface area contributed by atoms with E-state index in [-0.39, 0.29) is 0 Å². The van der Waals surface area contributed by atoms with Crippen molar-refractivity contribution in [3.05, 3.63) is 53.0 Å². The van der Waals surface area contributed by atoms with E-state index in [1.165, 1.54) is 11.3 Å². The largest absolute Gasteiger partial charge is 0.464 e. The van der Waals surface area contributed by atoms with Crippen LogP contribution in [-0.2, 0) is 19.5 Å². The van der Waals surface area contributed by atoms with Gasteiger partial charge in [0.2, 0.25) is 0 Å². The monoisotopic (exact) mass is 270 g/mol. The SMILES string of the molecule is Cc1oc(CN2CC(C)Cc3ccccc32)cc1CN. The third-order valence-corrected chi connectivity index (χ3v) is 4.07. The van der Waals surface area contributed by atoms with Crippen LogP contribution in [0.1, 0.15) is 29.6 Å². The first-order valence-electron chi connectivity index (χ1n) is 7.28. The number of hydrogen-bond acceptors (Lipinski definition) is 3. The quantitative estimate of drug-likeness (QED) is 0.931. The molecule has 1 unspecified atom stereocenters. The number of benzene rings is 1. The van der Waals surface area contributed by atoms with Crippen molar-refractivity contribution in [2.75, 3.05) is 11.4 Å². The lowest BCUT2D eigenvalue weighted by Gasteiger charge is -2.34. The average molecular weight is 270 g/mol. The van der Waals surface area contributed by atoms with Crippen molar-refractivity contribution in [3.63, 3.8) is 0 Å². The topological polar surface area (TPSA) is 42.4 Å². The molecule has 1 aromatic carbocycles. The molecule has 3 rings (SSSR count). The fraction of sp³-hybridized carbons (Fsp3) is 0.412. The Hall–Kier alpha value is -1.74. The van der Waals surface area contributed by atoms with E-state index in [0.29, 0.717) is 12.5 Å². The zero-order valence-electron chi connectivity index (χ0n) is 12.2. The van der Waals surface area contributed by atoms with Crippen LogP contribution in [0.25, 0.3) is 0 Å². The molecule has 0 saturated heterocycles. The van der Waals surface area contributed by atoms with Crippen LogP contribution in [0.2, 0.25) is 0 Å². The Morgan fingerprint density at radius 3 is 2.90 bits per heavy atom. The number of nitrogens with zero attached hydrogens (tertiary/aromatic N) is 1. The van der Waals surface area contributed by atoms with Crippen LogP contribution in [0, 0.1) is 12.8 Å². The van der Waals surface area contributed by atoms with Crippen LogP contribution in [0.3, 0.4) is 0 Å². The van der Waals surface area contributed by atoms with Gasteiger partial charge in [0, 0.05) is 24.3 Å². The first kappa shape index (κ1) is 13.3. The summed E-state index contributed by atoms with van der Waals surface area (Å²) in [7, 11) is 0. The minimum Gasteiger partial charge on any atom is -0.464 e. The maximum absolute atomic E-state index is 5.84. The lowest BCUT2D eigenvalue weighted by Crippen LogP contribution is -2.33. The Morgan fingerprint density at radius 2 is 2.15 bits per heavy atom. The molecule has 1 atom stereocenters. The van der Waals surface area contributed by atoms with Gasteiger partial charge in [-0.2, -0.15) is 0 Å². The second-order valence-corrected chi connectivity index (χ2v) is 5.82. The Bertz CT molecular complexity index is 603. The minimum atomic E-state index is 0.544. The van der Waals surface area contributed by atoms with Gasteiger partial charge < -0.3 is 15.1 Å². The van der Waals surface area contributed by atoms with E-state index in [1.54, 1.807) is 0 Å². The Labute approximate surface area is 120 Å². The lowest BCUT2D eigenvalue weighted by atomic mass is 9.94. The number of nitrogens with two attached hydrogens (primary N) is 1. The zero-order valence-corrected chi connectivity index (χ0v) is 12.2. The summed E-state index contributed by atoms with van der Waals surface area (Å²) in [4.78, 5) is 2.42. The summed E-state index contributed by atoms with van der Waals surface area (Å²) >= 11 is 0. The van der Waals surface area contributed by atoms with Gasteiger partial charge in [-0.25, -0.2) is 0 Å². The maximum Gasteiger partial charge on any atom is 0.123 e. The second-order valence-electron chi connectivity index (χ2n) is 5.82. The molecule has 0 saturated carbocycles. The van der Waals surface area contributed by atoms with E-state index >= 15 is 0 Å². The standard InChI is InChI=1S/C17H22N2O/c1-12-7-14-5-3-4-6-17(14)19(10-12)11-16-8-15(9-18)13(2)20-16/h3-6,8,12H,7,9-11,18H2,1-2H3. The molecule has 0 radical (unpaired) electrons. The molecule has 20 heavy (non-hydrogen) atoms. The van der Waals surface area contributed by atoms with Gasteiger partial charge in [0.25, 0.3) is 0 Å². The molecular weight excluding hydrogens is 248 g/mol. The van der Waals surface area contributed by atoms with E-state index in [0.717, 1.165) is 36.6 Å². The van der Waals surface area contributed by atoms with E-state index in [2.05, 4.69) is 42.2 Å². The number of fused-ring (bicyclic) bond motifs is 1. The van der Waals surface area contributed by atoms with Crippen molar-refractivity contribution in [1.82, 2.24) is 0 Å². The average Bonchev–Trinajstić information content (AvgIpc) is 2.78. The van der Waals surface area contributed by atoms with Crippen LogP contribution < -0.4 is 10.6 Å². The first-order valence-corrected chi connectivity index (χ1v) is 7.28. The zero-order chi connectivity index (χ0) is 14.1. The molecule has 0 amide bonds. The van der Waals surface area contributed by atoms with E-state index in [4.69, 9.17) is 10.2 Å². The highest BCUT2D eigenvalue weighted by Gasteiger charge is 2.22. The Balaban J connectivity index is 1.86. The molecule has 0 spiro atoms. The highest BCUT2D eigenvalue weighted by Crippen LogP contribution is 2.31. The molecule has 1 aromatic heterocycles. The van der Waals surface area contributed by atoms with Crippen molar-refractivity contribution >= 4 is 5.69 Å². The molecule has 2 N–H and O–H groups in total. The summed E-state index contributed by atoms with van der Waals surface area (Å²) < 4.78 is 5.84. The molecule has 1 aliphatic heterocycles. The number of aryl methyl sites for hydroxylation is 1. The summed E-state index contributed by atoms with van der Waals surface area (Å²) in [5.41, 5.74) is 9.61. The normalized spacial score (nSPS) is 18.1. The highest BCUT2D eigenvalue weighted by atomic mass is 16.3. The number of hydrogen-bond donors (Lipinski definition) is 1. The van der Waals surface area contributed by atoms with Crippen LogP contribution in [0.5, 0.6) is 0 Å². The molecule has 2 aromatic rings. The molecule has 106 valence electrons. The molecule has 0 aliphatic carbocycles. The fourth-order valence-corrected chi connectivity index (χ4v) is 3.11. The Morgan fingerprint density at radius 1 is 1.35 bits per heavy atom. The molecular formula is C17H22N2O. The van der Waals surface area contributed by atoms with Crippen molar-refractivity contribution in [2.24, 2.45) is 11.7 Å². The highest BCUT2D eigenvalue weighted by molar-refractivity contribution is 5.55. The van der Waals surface area contributed by atoms with Gasteiger partial charge in [0.1, 0.15) is 11.5 Å². The lowest BCUT2D eigenvalue weighted by molar-refractivity contribution is 0.456. The smallest absolute Gasteiger partial charge is 0.123 e. The first-order chi connectivity index (χ1) is 9.67. The molecule has 0 bridgehead atoms. The third-order valence-electron chi connectivity index (χ3n) is 4.07. The third kappa shape index (κ3) is 2.46. The summed E-state index contributed by atoms with van der Waals surface area (Å²) in [6.45, 7) is 6.74. The van der Waals surface area contributed by atoms with Gasteiger partial charge in [0.05, 0.1) is 6.54 Å². The predicted molar refractivity (Wildman–Crippen MR) is 81.7 cm³/mol. The summed E-state index contributed by atoms with van der Waals surface area (Å²) in [6, 6.07) is 10.8. The van der Waals surface area contributed by atoms with E-state index in [9.17, 15) is 0 Å².